The molecule has 0 bridgehead atoms. The zero-order valence-electron chi connectivity index (χ0n) is 40.8. The molecule has 0 fully saturated rings. The van der Waals surface area contributed by atoms with E-state index < -0.39 is 0 Å². The number of nitrogens with zero attached hydrogens (tertiary/aromatic N) is 1. The lowest BCUT2D eigenvalue weighted by molar-refractivity contribution is 0.660. The first-order valence-corrected chi connectivity index (χ1v) is 24.9. The minimum absolute atomic E-state index is 0.0535. The lowest BCUT2D eigenvalue weighted by atomic mass is 9.78. The number of hydrogen-bond acceptors (Lipinski definition) is 1. The monoisotopic (exact) mass is 897 g/mol. The molecule has 336 valence electrons. The van der Waals surface area contributed by atoms with Gasteiger partial charge in [0.15, 0.2) is 0 Å². The second-order valence-corrected chi connectivity index (χ2v) is 21.3. The summed E-state index contributed by atoms with van der Waals surface area (Å²) in [6, 6.07) is 84.1. The van der Waals surface area contributed by atoms with Crippen molar-refractivity contribution in [2.75, 3.05) is 4.90 Å². The molecule has 0 aliphatic heterocycles. The summed E-state index contributed by atoms with van der Waals surface area (Å²) < 4.78 is 0. The quantitative estimate of drug-likeness (QED) is 0.154. The predicted molar refractivity (Wildman–Crippen MR) is 296 cm³/mol. The Morgan fingerprint density at radius 3 is 1.00 bits per heavy atom. The molecular formula is C69H55N. The molecule has 0 spiro atoms. The van der Waals surface area contributed by atoms with Gasteiger partial charge in [-0.2, -0.15) is 0 Å². The molecule has 0 saturated heterocycles. The molecule has 1 nitrogen and oxygen atoms in total. The van der Waals surface area contributed by atoms with E-state index in [2.05, 4.69) is 271 Å². The normalized spacial score (nSPS) is 14.8. The van der Waals surface area contributed by atoms with E-state index in [-0.39, 0.29) is 16.2 Å². The minimum atomic E-state index is -0.114. The summed E-state index contributed by atoms with van der Waals surface area (Å²) in [5.74, 6) is 0. The highest BCUT2D eigenvalue weighted by Crippen LogP contribution is 2.54. The van der Waals surface area contributed by atoms with E-state index in [1.165, 1.54) is 111 Å². The molecule has 0 saturated carbocycles. The highest BCUT2D eigenvalue weighted by molar-refractivity contribution is 5.94. The Morgan fingerprint density at radius 2 is 0.543 bits per heavy atom. The first-order valence-electron chi connectivity index (χ1n) is 24.9. The molecule has 3 aliphatic rings. The van der Waals surface area contributed by atoms with E-state index in [0.29, 0.717) is 0 Å². The Balaban J connectivity index is 0.876. The van der Waals surface area contributed by atoms with Crippen molar-refractivity contribution in [3.63, 3.8) is 0 Å². The van der Waals surface area contributed by atoms with Gasteiger partial charge in [0.25, 0.3) is 0 Å². The van der Waals surface area contributed by atoms with Crippen LogP contribution in [0.1, 0.15) is 74.9 Å². The van der Waals surface area contributed by atoms with Crippen LogP contribution in [0.5, 0.6) is 0 Å². The molecule has 0 aromatic heterocycles. The maximum atomic E-state index is 2.42. The van der Waals surface area contributed by atoms with Crippen molar-refractivity contribution in [3.05, 3.63) is 258 Å². The molecule has 13 rings (SSSR count). The van der Waals surface area contributed by atoms with Crippen molar-refractivity contribution >= 4 is 17.1 Å². The summed E-state index contributed by atoms with van der Waals surface area (Å²) in [6.07, 6.45) is 0. The first-order chi connectivity index (χ1) is 34.0. The van der Waals surface area contributed by atoms with E-state index in [1.807, 2.05) is 0 Å². The fourth-order valence-electron chi connectivity index (χ4n) is 12.7. The van der Waals surface area contributed by atoms with Crippen molar-refractivity contribution in [3.8, 4) is 77.9 Å². The maximum absolute atomic E-state index is 2.42. The smallest absolute Gasteiger partial charge is 0.0462 e. The van der Waals surface area contributed by atoms with Gasteiger partial charge in [0, 0.05) is 33.3 Å². The van der Waals surface area contributed by atoms with Crippen LogP contribution in [0.25, 0.3) is 77.9 Å². The summed E-state index contributed by atoms with van der Waals surface area (Å²) in [5, 5.41) is 0. The van der Waals surface area contributed by atoms with Gasteiger partial charge in [-0.1, -0.05) is 217 Å². The SMILES string of the molecule is CC1(C)c2ccccc2-c2ccc(-c3ccc(N(c4ccc(-c5ccc6c(c5)C(C)(C)c5ccccc5-6)cc4)c4ccc(-c5ccccc5-c5cccc6c5C(C)(C)c5ccccc5-6)cc4)cc3)cc21. The van der Waals surface area contributed by atoms with Gasteiger partial charge in [-0.15, -0.1) is 0 Å². The Bertz CT molecular complexity index is 3560. The van der Waals surface area contributed by atoms with Crippen LogP contribution in [0.15, 0.2) is 224 Å². The summed E-state index contributed by atoms with van der Waals surface area (Å²) in [7, 11) is 0. The standard InChI is InChI=1S/C69H55N/c1-67(2)61-23-12-9-18-54(61)57-40-32-47(42-64(57)67)44-26-34-49(35-27-44)70(50-36-28-45(29-37-50)48-33-41-58-55-19-10-13-24-62(55)68(3,4)65(58)43-48)51-38-30-46(31-39-51)52-16-7-8-17-53(52)59-21-15-22-60-56-20-11-14-25-63(56)69(5,6)66(59)60/h7-43H,1-6H3. The van der Waals surface area contributed by atoms with Crippen LogP contribution in [0, 0.1) is 0 Å². The van der Waals surface area contributed by atoms with Crippen molar-refractivity contribution in [1.29, 1.82) is 0 Å². The van der Waals surface area contributed by atoms with E-state index >= 15 is 0 Å². The minimum Gasteiger partial charge on any atom is -0.311 e. The lowest BCUT2D eigenvalue weighted by Gasteiger charge is -2.27. The first kappa shape index (κ1) is 42.1. The third-order valence-electron chi connectivity index (χ3n) is 16.3. The van der Waals surface area contributed by atoms with Gasteiger partial charge in [-0.05, 0) is 160 Å². The molecule has 0 atom stereocenters. The Labute approximate surface area is 413 Å². The summed E-state index contributed by atoms with van der Waals surface area (Å²) >= 11 is 0. The van der Waals surface area contributed by atoms with Crippen molar-refractivity contribution < 1.29 is 0 Å². The largest absolute Gasteiger partial charge is 0.311 e. The van der Waals surface area contributed by atoms with E-state index in [4.69, 9.17) is 0 Å². The number of fused-ring (bicyclic) bond motifs is 9. The molecular weight excluding hydrogens is 843 g/mol. The van der Waals surface area contributed by atoms with Gasteiger partial charge in [-0.25, -0.2) is 0 Å². The molecule has 3 aliphatic carbocycles. The Morgan fingerprint density at radius 1 is 0.229 bits per heavy atom. The van der Waals surface area contributed by atoms with Crippen molar-refractivity contribution in [2.45, 2.75) is 57.8 Å². The highest BCUT2D eigenvalue weighted by Gasteiger charge is 2.39. The number of hydrogen-bond donors (Lipinski definition) is 0. The Kier molecular flexibility index (Phi) is 9.33. The molecule has 10 aromatic carbocycles. The number of rotatable bonds is 7. The highest BCUT2D eigenvalue weighted by atomic mass is 15.1. The van der Waals surface area contributed by atoms with Gasteiger partial charge < -0.3 is 4.90 Å². The molecule has 70 heavy (non-hydrogen) atoms. The lowest BCUT2D eigenvalue weighted by Crippen LogP contribution is -2.16. The van der Waals surface area contributed by atoms with E-state index in [1.54, 1.807) is 0 Å². The number of benzene rings is 10. The molecule has 1 heteroatoms. The third kappa shape index (κ3) is 6.31. The zero-order valence-corrected chi connectivity index (χ0v) is 40.8. The van der Waals surface area contributed by atoms with Gasteiger partial charge in [0.2, 0.25) is 0 Å². The zero-order chi connectivity index (χ0) is 47.5. The van der Waals surface area contributed by atoms with Gasteiger partial charge in [0.05, 0.1) is 0 Å². The van der Waals surface area contributed by atoms with Crippen LogP contribution in [-0.2, 0) is 16.2 Å². The molecule has 0 unspecified atom stereocenters. The molecule has 0 amide bonds. The third-order valence-corrected chi connectivity index (χ3v) is 16.3. The van der Waals surface area contributed by atoms with E-state index in [0.717, 1.165) is 17.1 Å². The molecule has 0 radical (unpaired) electrons. The summed E-state index contributed by atoms with van der Waals surface area (Å²) in [5.41, 5.74) is 29.4. The molecule has 0 N–H and O–H groups in total. The van der Waals surface area contributed by atoms with Gasteiger partial charge in [-0.3, -0.25) is 0 Å². The second-order valence-electron chi connectivity index (χ2n) is 21.3. The maximum Gasteiger partial charge on any atom is 0.0462 e. The van der Waals surface area contributed by atoms with E-state index in [9.17, 15) is 0 Å². The van der Waals surface area contributed by atoms with Crippen LogP contribution in [-0.4, -0.2) is 0 Å². The average molecular weight is 898 g/mol. The average Bonchev–Trinajstić information content (AvgIpc) is 3.89. The van der Waals surface area contributed by atoms with Crippen LogP contribution < -0.4 is 4.90 Å². The fraction of sp³-hybridized carbons (Fsp3) is 0.130. The van der Waals surface area contributed by atoms with Crippen molar-refractivity contribution in [1.82, 2.24) is 0 Å². The summed E-state index contributed by atoms with van der Waals surface area (Å²) in [6.45, 7) is 14.2. The number of anilines is 3. The van der Waals surface area contributed by atoms with Crippen molar-refractivity contribution in [2.24, 2.45) is 0 Å². The topological polar surface area (TPSA) is 3.24 Å². The van der Waals surface area contributed by atoms with Gasteiger partial charge in [0.1, 0.15) is 0 Å². The molecule has 0 heterocycles. The molecule has 10 aromatic rings. The van der Waals surface area contributed by atoms with Crippen LogP contribution in [0.2, 0.25) is 0 Å². The second kappa shape index (κ2) is 15.5. The van der Waals surface area contributed by atoms with Crippen LogP contribution in [0.4, 0.5) is 17.1 Å². The van der Waals surface area contributed by atoms with Gasteiger partial charge >= 0.3 is 0 Å². The Hall–Kier alpha value is -8.00. The fourth-order valence-corrected chi connectivity index (χ4v) is 12.7. The van der Waals surface area contributed by atoms with Crippen LogP contribution in [0.3, 0.4) is 0 Å². The summed E-state index contributed by atoms with van der Waals surface area (Å²) in [4.78, 5) is 2.40. The van der Waals surface area contributed by atoms with Crippen LogP contribution >= 0.6 is 0 Å². The predicted octanol–water partition coefficient (Wildman–Crippen LogP) is 18.7.